The number of nitrogens with one attached hydrogen (secondary N) is 3. The Morgan fingerprint density at radius 1 is 1.50 bits per heavy atom. The highest BCUT2D eigenvalue weighted by molar-refractivity contribution is 7.89. The molecular weight excluding hydrogens is 228 g/mol. The zero-order chi connectivity index (χ0) is 11.6. The van der Waals surface area contributed by atoms with Gasteiger partial charge in [0.05, 0.1) is 12.5 Å². The number of aromatic nitrogens is 2. The first kappa shape index (κ1) is 11.6. The van der Waals surface area contributed by atoms with Crippen molar-refractivity contribution in [2.45, 2.75) is 36.9 Å². The van der Waals surface area contributed by atoms with Crippen molar-refractivity contribution in [2.75, 3.05) is 6.54 Å². The molecule has 2 atom stereocenters. The zero-order valence-electron chi connectivity index (χ0n) is 9.10. The molecule has 0 saturated carbocycles. The molecule has 0 spiro atoms. The maximum atomic E-state index is 11.8. The van der Waals surface area contributed by atoms with E-state index in [1.807, 2.05) is 0 Å². The molecule has 0 aliphatic carbocycles. The topological polar surface area (TPSA) is 86.9 Å². The fraction of sp³-hybridized carbons (Fsp3) is 0.667. The van der Waals surface area contributed by atoms with E-state index >= 15 is 0 Å². The third-order valence-electron chi connectivity index (χ3n) is 2.75. The van der Waals surface area contributed by atoms with Crippen LogP contribution in [0.5, 0.6) is 0 Å². The Kier molecular flexibility index (Phi) is 3.27. The molecule has 7 heteroatoms. The monoisotopic (exact) mass is 244 g/mol. The minimum Gasteiger partial charge on any atom is -0.335 e. The molecule has 0 aromatic carbocycles. The van der Waals surface area contributed by atoms with Crippen molar-refractivity contribution in [3.8, 4) is 0 Å². The van der Waals surface area contributed by atoms with Gasteiger partial charge >= 0.3 is 0 Å². The van der Waals surface area contributed by atoms with Crippen LogP contribution in [0.4, 0.5) is 0 Å². The molecule has 2 rings (SSSR count). The summed E-state index contributed by atoms with van der Waals surface area (Å²) in [5.74, 6) is 0. The average Bonchev–Trinajstić information content (AvgIpc) is 2.75. The number of imidazole rings is 1. The summed E-state index contributed by atoms with van der Waals surface area (Å²) in [6.07, 6.45) is 4.51. The van der Waals surface area contributed by atoms with Gasteiger partial charge in [-0.05, 0) is 19.8 Å². The van der Waals surface area contributed by atoms with Crippen molar-refractivity contribution in [3.05, 3.63) is 12.5 Å². The Balaban J connectivity index is 2.00. The fourth-order valence-corrected chi connectivity index (χ4v) is 2.95. The number of rotatable bonds is 3. The molecule has 16 heavy (non-hydrogen) atoms. The van der Waals surface area contributed by atoms with Gasteiger partial charge in [-0.2, -0.15) is 0 Å². The zero-order valence-corrected chi connectivity index (χ0v) is 9.92. The van der Waals surface area contributed by atoms with Crippen LogP contribution in [0.1, 0.15) is 19.8 Å². The molecule has 3 N–H and O–H groups in total. The molecule has 1 saturated heterocycles. The van der Waals surface area contributed by atoms with Gasteiger partial charge < -0.3 is 10.3 Å². The minimum absolute atomic E-state index is 0.0375. The quantitative estimate of drug-likeness (QED) is 0.689. The number of H-pyrrole nitrogens is 1. The van der Waals surface area contributed by atoms with Crippen LogP contribution in [0.3, 0.4) is 0 Å². The van der Waals surface area contributed by atoms with E-state index in [4.69, 9.17) is 0 Å². The molecule has 1 aliphatic rings. The third-order valence-corrected chi connectivity index (χ3v) is 4.19. The van der Waals surface area contributed by atoms with E-state index in [9.17, 15) is 8.42 Å². The number of piperidine rings is 1. The first-order valence-electron chi connectivity index (χ1n) is 5.32. The van der Waals surface area contributed by atoms with Gasteiger partial charge in [0.2, 0.25) is 0 Å². The van der Waals surface area contributed by atoms with Crippen LogP contribution in [0.2, 0.25) is 0 Å². The lowest BCUT2D eigenvalue weighted by Gasteiger charge is -2.27. The van der Waals surface area contributed by atoms with Crippen LogP contribution in [0.15, 0.2) is 17.6 Å². The fourth-order valence-electron chi connectivity index (χ4n) is 1.77. The molecule has 1 aromatic heterocycles. The molecule has 1 aliphatic heterocycles. The van der Waals surface area contributed by atoms with Crippen LogP contribution in [0.25, 0.3) is 0 Å². The lowest BCUT2D eigenvalue weighted by atomic mass is 10.0. The molecular formula is C9H16N4O2S. The lowest BCUT2D eigenvalue weighted by Crippen LogP contribution is -2.48. The van der Waals surface area contributed by atoms with E-state index in [1.165, 1.54) is 12.5 Å². The van der Waals surface area contributed by atoms with Gasteiger partial charge in [-0.1, -0.05) is 0 Å². The summed E-state index contributed by atoms with van der Waals surface area (Å²) < 4.78 is 26.3. The Morgan fingerprint density at radius 3 is 2.88 bits per heavy atom. The van der Waals surface area contributed by atoms with Crippen molar-refractivity contribution >= 4 is 10.0 Å². The summed E-state index contributed by atoms with van der Waals surface area (Å²) >= 11 is 0. The second-order valence-electron chi connectivity index (χ2n) is 4.12. The first-order valence-corrected chi connectivity index (χ1v) is 6.80. The van der Waals surface area contributed by atoms with E-state index in [2.05, 4.69) is 26.9 Å². The van der Waals surface area contributed by atoms with Crippen LogP contribution < -0.4 is 10.0 Å². The van der Waals surface area contributed by atoms with Gasteiger partial charge in [0.25, 0.3) is 10.0 Å². The van der Waals surface area contributed by atoms with E-state index in [0.29, 0.717) is 12.6 Å². The summed E-state index contributed by atoms with van der Waals surface area (Å²) in [4.78, 5) is 6.30. The average molecular weight is 244 g/mol. The van der Waals surface area contributed by atoms with E-state index < -0.39 is 10.0 Å². The summed E-state index contributed by atoms with van der Waals surface area (Å²) in [5.41, 5.74) is 0. The van der Waals surface area contributed by atoms with Crippen LogP contribution >= 0.6 is 0 Å². The van der Waals surface area contributed by atoms with Crippen LogP contribution in [0, 0.1) is 0 Å². The summed E-state index contributed by atoms with van der Waals surface area (Å²) in [7, 11) is -3.44. The van der Waals surface area contributed by atoms with E-state index in [1.54, 1.807) is 0 Å². The molecule has 2 heterocycles. The van der Waals surface area contributed by atoms with Gasteiger partial charge in [0.15, 0.2) is 5.03 Å². The number of aromatic amines is 1. The lowest BCUT2D eigenvalue weighted by molar-refractivity contribution is 0.366. The molecule has 6 nitrogen and oxygen atoms in total. The van der Waals surface area contributed by atoms with E-state index in [0.717, 1.165) is 12.8 Å². The predicted octanol–water partition coefficient (Wildman–Crippen LogP) is -0.171. The molecule has 0 bridgehead atoms. The second kappa shape index (κ2) is 4.52. The third kappa shape index (κ3) is 2.60. The highest BCUT2D eigenvalue weighted by atomic mass is 32.2. The first-order chi connectivity index (χ1) is 7.58. The highest BCUT2D eigenvalue weighted by Crippen LogP contribution is 2.11. The molecule has 1 fully saturated rings. The van der Waals surface area contributed by atoms with E-state index in [-0.39, 0.29) is 11.1 Å². The number of hydrogen-bond donors (Lipinski definition) is 3. The number of hydrogen-bond acceptors (Lipinski definition) is 4. The number of nitrogens with zero attached hydrogens (tertiary/aromatic N) is 1. The summed E-state index contributed by atoms with van der Waals surface area (Å²) in [5, 5.41) is 3.36. The van der Waals surface area contributed by atoms with Gasteiger partial charge in [-0.25, -0.2) is 18.1 Å². The second-order valence-corrected chi connectivity index (χ2v) is 5.80. The highest BCUT2D eigenvalue weighted by Gasteiger charge is 2.24. The standard InChI is InChI=1S/C9H16N4O2S/c1-7-2-3-8(4-11-7)13-16(14,15)9-5-10-6-12-9/h5-8,11,13H,2-4H2,1H3,(H,10,12). The Labute approximate surface area is 94.9 Å². The summed E-state index contributed by atoms with van der Waals surface area (Å²) in [6, 6.07) is 0.428. The van der Waals surface area contributed by atoms with Crippen molar-refractivity contribution in [3.63, 3.8) is 0 Å². The van der Waals surface area contributed by atoms with Gasteiger partial charge in [-0.3, -0.25) is 0 Å². The predicted molar refractivity (Wildman–Crippen MR) is 59.4 cm³/mol. The molecule has 1 aromatic rings. The van der Waals surface area contributed by atoms with Crippen LogP contribution in [-0.4, -0.2) is 37.0 Å². The normalized spacial score (nSPS) is 26.8. The Hall–Kier alpha value is -0.920. The van der Waals surface area contributed by atoms with Crippen molar-refractivity contribution in [2.24, 2.45) is 0 Å². The molecule has 0 radical (unpaired) electrons. The SMILES string of the molecule is CC1CCC(NS(=O)(=O)c2cnc[nH]2)CN1. The van der Waals surface area contributed by atoms with Gasteiger partial charge in [-0.15, -0.1) is 0 Å². The Morgan fingerprint density at radius 2 is 2.31 bits per heavy atom. The smallest absolute Gasteiger partial charge is 0.257 e. The number of sulfonamides is 1. The minimum atomic E-state index is -3.44. The van der Waals surface area contributed by atoms with Crippen molar-refractivity contribution < 1.29 is 8.42 Å². The maximum Gasteiger partial charge on any atom is 0.257 e. The molecule has 90 valence electrons. The van der Waals surface area contributed by atoms with Gasteiger partial charge in [0.1, 0.15) is 0 Å². The molecule has 0 amide bonds. The van der Waals surface area contributed by atoms with Crippen molar-refractivity contribution in [1.82, 2.24) is 20.0 Å². The molecule has 2 unspecified atom stereocenters. The summed E-state index contributed by atoms with van der Waals surface area (Å²) in [6.45, 7) is 2.77. The maximum absolute atomic E-state index is 11.8. The van der Waals surface area contributed by atoms with Crippen LogP contribution in [-0.2, 0) is 10.0 Å². The van der Waals surface area contributed by atoms with Gasteiger partial charge in [0, 0.05) is 18.6 Å². The largest absolute Gasteiger partial charge is 0.335 e. The Bertz CT molecular complexity index is 420. The van der Waals surface area contributed by atoms with Crippen molar-refractivity contribution in [1.29, 1.82) is 0 Å².